The number of unbranched alkanes of at least 4 members (excludes halogenated alkanes) is 1. The molecule has 2 aromatic heterocycles. The number of alkyl halides is 3. The maximum Gasteiger partial charge on any atom is 0.573 e. The average molecular weight is 616 g/mol. The van der Waals surface area contributed by atoms with Gasteiger partial charge in [-0.25, -0.2) is 23.1 Å². The van der Waals surface area contributed by atoms with Crippen molar-refractivity contribution in [2.75, 3.05) is 26.0 Å². The van der Waals surface area contributed by atoms with Gasteiger partial charge in [-0.05, 0) is 37.1 Å². The van der Waals surface area contributed by atoms with Crippen LogP contribution in [0.25, 0.3) is 21.9 Å². The van der Waals surface area contributed by atoms with Crippen LogP contribution in [0.15, 0.2) is 51.8 Å². The normalized spacial score (nSPS) is 12.4. The number of ether oxygens (including phenoxy) is 2. The van der Waals surface area contributed by atoms with Crippen LogP contribution in [0.5, 0.6) is 5.75 Å². The summed E-state index contributed by atoms with van der Waals surface area (Å²) in [5.41, 5.74) is 8.35. The smallest absolute Gasteiger partial charge is 0.404 e. The Labute approximate surface area is 225 Å². The Morgan fingerprint density at radius 1 is 1.13 bits per heavy atom. The van der Waals surface area contributed by atoms with Crippen molar-refractivity contribution in [3.05, 3.63) is 52.8 Å². The molecule has 0 atom stereocenters. The molecule has 0 aliphatic carbocycles. The quantitative estimate of drug-likeness (QED) is 0.233. The van der Waals surface area contributed by atoms with Crippen molar-refractivity contribution in [2.45, 2.75) is 37.1 Å². The maximum absolute atomic E-state index is 12.8. The van der Waals surface area contributed by atoms with E-state index in [1.165, 1.54) is 6.07 Å². The number of pyridine rings is 1. The molecule has 4 aromatic rings. The third kappa shape index (κ3) is 6.37. The largest absolute Gasteiger partial charge is 0.573 e. The lowest BCUT2D eigenvalue weighted by Gasteiger charge is -2.15. The Morgan fingerprint density at radius 3 is 2.63 bits per heavy atom. The van der Waals surface area contributed by atoms with Gasteiger partial charge in [0.1, 0.15) is 16.2 Å². The SMILES string of the molecule is COCCc1nc2c(N)nc3ccccc3c2n1CCCCNS(=O)(=O)c1ccc(Br)cc1OC(F)(F)F. The number of benzene rings is 2. The predicted octanol–water partition coefficient (Wildman–Crippen LogP) is 4.78. The van der Waals surface area contributed by atoms with Gasteiger partial charge < -0.3 is 19.8 Å². The molecule has 0 fully saturated rings. The summed E-state index contributed by atoms with van der Waals surface area (Å²) < 4.78 is 77.7. The minimum absolute atomic E-state index is 0.00827. The molecule has 0 bridgehead atoms. The molecule has 204 valence electrons. The van der Waals surface area contributed by atoms with E-state index in [2.05, 4.69) is 30.4 Å². The zero-order chi connectivity index (χ0) is 27.5. The Morgan fingerprint density at radius 2 is 1.89 bits per heavy atom. The van der Waals surface area contributed by atoms with E-state index in [9.17, 15) is 21.6 Å². The first-order valence-corrected chi connectivity index (χ1v) is 13.8. The van der Waals surface area contributed by atoms with Crippen molar-refractivity contribution in [1.29, 1.82) is 0 Å². The van der Waals surface area contributed by atoms with Gasteiger partial charge >= 0.3 is 6.36 Å². The highest BCUT2D eigenvalue weighted by molar-refractivity contribution is 9.10. The Hall–Kier alpha value is -2.94. The number of aryl methyl sites for hydroxylation is 1. The first-order chi connectivity index (χ1) is 18.0. The number of halogens is 4. The number of nitrogen functional groups attached to an aromatic ring is 1. The van der Waals surface area contributed by atoms with Crippen LogP contribution >= 0.6 is 15.9 Å². The molecule has 0 unspecified atom stereocenters. The Bertz CT molecular complexity index is 1560. The van der Waals surface area contributed by atoms with E-state index in [0.717, 1.165) is 34.4 Å². The molecule has 0 spiro atoms. The van der Waals surface area contributed by atoms with E-state index < -0.39 is 27.0 Å². The number of sulfonamides is 1. The monoisotopic (exact) mass is 615 g/mol. The number of para-hydroxylation sites is 1. The van der Waals surface area contributed by atoms with Crippen molar-refractivity contribution in [3.63, 3.8) is 0 Å². The van der Waals surface area contributed by atoms with Gasteiger partial charge in [-0.1, -0.05) is 34.1 Å². The van der Waals surface area contributed by atoms with E-state index in [1.54, 1.807) is 7.11 Å². The van der Waals surface area contributed by atoms with Gasteiger partial charge in [-0.3, -0.25) is 0 Å². The molecule has 0 radical (unpaired) electrons. The van der Waals surface area contributed by atoms with Gasteiger partial charge in [0, 0.05) is 36.5 Å². The van der Waals surface area contributed by atoms with Gasteiger partial charge in [0.15, 0.2) is 11.6 Å². The third-order valence-corrected chi connectivity index (χ3v) is 7.73. The molecular formula is C24H25BrF3N5O4S. The highest BCUT2D eigenvalue weighted by Gasteiger charge is 2.34. The van der Waals surface area contributed by atoms with E-state index >= 15 is 0 Å². The molecule has 4 rings (SSSR count). The summed E-state index contributed by atoms with van der Waals surface area (Å²) in [4.78, 5) is 8.55. The number of nitrogens with zero attached hydrogens (tertiary/aromatic N) is 3. The van der Waals surface area contributed by atoms with E-state index in [-0.39, 0.29) is 11.0 Å². The minimum atomic E-state index is -5.04. The van der Waals surface area contributed by atoms with Crippen molar-refractivity contribution in [3.8, 4) is 5.75 Å². The van der Waals surface area contributed by atoms with Crippen molar-refractivity contribution in [2.24, 2.45) is 0 Å². The number of hydrogen-bond acceptors (Lipinski definition) is 7. The van der Waals surface area contributed by atoms with E-state index in [0.29, 0.717) is 43.7 Å². The van der Waals surface area contributed by atoms with E-state index in [4.69, 9.17) is 15.5 Å². The molecule has 38 heavy (non-hydrogen) atoms. The van der Waals surface area contributed by atoms with Crippen LogP contribution in [0.1, 0.15) is 18.7 Å². The van der Waals surface area contributed by atoms with Gasteiger partial charge in [-0.2, -0.15) is 0 Å². The lowest BCUT2D eigenvalue weighted by molar-refractivity contribution is -0.275. The number of methoxy groups -OCH3 is 1. The highest BCUT2D eigenvalue weighted by atomic mass is 79.9. The third-order valence-electron chi connectivity index (χ3n) is 5.74. The number of fused-ring (bicyclic) bond motifs is 3. The summed E-state index contributed by atoms with van der Waals surface area (Å²) in [6.45, 7) is 0.962. The minimum Gasteiger partial charge on any atom is -0.404 e. The van der Waals surface area contributed by atoms with Crippen LogP contribution in [0.3, 0.4) is 0 Å². The van der Waals surface area contributed by atoms with Crippen molar-refractivity contribution < 1.29 is 31.1 Å². The van der Waals surface area contributed by atoms with E-state index in [1.807, 2.05) is 28.8 Å². The molecule has 0 aliphatic rings. The van der Waals surface area contributed by atoms with Crippen LogP contribution in [-0.2, 0) is 27.7 Å². The number of anilines is 1. The van der Waals surface area contributed by atoms with Crippen LogP contribution in [-0.4, -0.2) is 49.6 Å². The second kappa shape index (κ2) is 11.4. The summed E-state index contributed by atoms with van der Waals surface area (Å²) in [6.07, 6.45) is -3.54. The molecule has 2 aromatic carbocycles. The molecule has 14 heteroatoms. The number of nitrogens with one attached hydrogen (secondary N) is 1. The number of rotatable bonds is 11. The van der Waals surface area contributed by atoms with Crippen LogP contribution in [0.4, 0.5) is 19.0 Å². The first kappa shape index (κ1) is 28.1. The molecule has 0 amide bonds. The second-order valence-corrected chi connectivity index (χ2v) is 11.0. The fraction of sp³-hybridized carbons (Fsp3) is 0.333. The maximum atomic E-state index is 12.8. The number of nitrogens with two attached hydrogens (primary N) is 1. The van der Waals surface area contributed by atoms with Gasteiger partial charge in [-0.15, -0.1) is 13.2 Å². The van der Waals surface area contributed by atoms with Gasteiger partial charge in [0.2, 0.25) is 10.0 Å². The van der Waals surface area contributed by atoms with Crippen LogP contribution in [0.2, 0.25) is 0 Å². The first-order valence-electron chi connectivity index (χ1n) is 11.6. The van der Waals surface area contributed by atoms with Crippen LogP contribution in [0, 0.1) is 0 Å². The molecule has 2 heterocycles. The Balaban J connectivity index is 1.50. The highest BCUT2D eigenvalue weighted by Crippen LogP contribution is 2.32. The number of aromatic nitrogens is 3. The molecule has 9 nitrogen and oxygen atoms in total. The summed E-state index contributed by atoms with van der Waals surface area (Å²) in [6, 6.07) is 10.9. The fourth-order valence-electron chi connectivity index (χ4n) is 4.12. The van der Waals surface area contributed by atoms with Crippen LogP contribution < -0.4 is 15.2 Å². The topological polar surface area (TPSA) is 121 Å². The van der Waals surface area contributed by atoms with Gasteiger partial charge in [0.05, 0.1) is 17.6 Å². The lowest BCUT2D eigenvalue weighted by Crippen LogP contribution is -2.27. The summed E-state index contributed by atoms with van der Waals surface area (Å²) in [5.74, 6) is 0.261. The zero-order valence-corrected chi connectivity index (χ0v) is 22.7. The molecule has 0 aliphatic heterocycles. The van der Waals surface area contributed by atoms with Crippen molar-refractivity contribution in [1.82, 2.24) is 19.3 Å². The average Bonchev–Trinajstić information content (AvgIpc) is 3.20. The standard InChI is InChI=1S/C24H25BrF3N5O4S/c1-36-13-10-20-32-21-22(16-6-2-3-7-17(16)31-23(21)29)33(20)12-5-4-11-30-38(34,35)19-9-8-15(25)14-18(19)37-24(26,27)28/h2-3,6-9,14,30H,4-5,10-13H2,1H3,(H2,29,31). The summed E-state index contributed by atoms with van der Waals surface area (Å²) in [7, 11) is -2.66. The summed E-state index contributed by atoms with van der Waals surface area (Å²) >= 11 is 3.03. The molecule has 0 saturated carbocycles. The predicted molar refractivity (Wildman–Crippen MR) is 140 cm³/mol. The number of hydrogen-bond donors (Lipinski definition) is 2. The zero-order valence-electron chi connectivity index (χ0n) is 20.3. The second-order valence-electron chi connectivity index (χ2n) is 8.38. The Kier molecular flexibility index (Phi) is 8.45. The number of imidazole rings is 1. The molecule has 0 saturated heterocycles. The van der Waals surface area contributed by atoms with Gasteiger partial charge in [0.25, 0.3) is 0 Å². The van der Waals surface area contributed by atoms with Crippen molar-refractivity contribution >= 4 is 53.7 Å². The molecule has 3 N–H and O–H groups in total. The fourth-order valence-corrected chi connectivity index (χ4v) is 5.64. The molecular weight excluding hydrogens is 591 g/mol. The lowest BCUT2D eigenvalue weighted by atomic mass is 10.2. The summed E-state index contributed by atoms with van der Waals surface area (Å²) in [5, 5.41) is 0.890.